The van der Waals surface area contributed by atoms with E-state index in [1.54, 1.807) is 6.08 Å². The molecule has 1 fully saturated rings. The Labute approximate surface area is 387 Å². The molecule has 8 atom stereocenters. The lowest BCUT2D eigenvalue weighted by molar-refractivity contribution is -0.220. The minimum absolute atomic E-state index is 0.254. The van der Waals surface area contributed by atoms with Crippen LogP contribution >= 0.6 is 7.82 Å². The fourth-order valence-corrected chi connectivity index (χ4v) is 9.00. The van der Waals surface area contributed by atoms with E-state index in [4.69, 9.17) is 9.05 Å². The second-order valence-corrected chi connectivity index (χ2v) is 19.6. The molecule has 0 heterocycles. The number of aliphatic hydroxyl groups excluding tert-OH is 7. The number of allylic oxidation sites excluding steroid dienone is 5. The van der Waals surface area contributed by atoms with Gasteiger partial charge in [-0.2, -0.15) is 0 Å². The Morgan fingerprint density at radius 2 is 0.953 bits per heavy atom. The van der Waals surface area contributed by atoms with Gasteiger partial charge in [0.15, 0.2) is 0 Å². The first-order valence-corrected chi connectivity index (χ1v) is 27.0. The van der Waals surface area contributed by atoms with Crippen molar-refractivity contribution in [3.8, 4) is 0 Å². The summed E-state index contributed by atoms with van der Waals surface area (Å²) >= 11 is 0. The van der Waals surface area contributed by atoms with Crippen molar-refractivity contribution in [1.29, 1.82) is 0 Å². The molecular formula is C50H94NO12P. The van der Waals surface area contributed by atoms with Crippen LogP contribution in [0.15, 0.2) is 36.5 Å². The summed E-state index contributed by atoms with van der Waals surface area (Å²) in [5, 5.41) is 74.6. The molecule has 0 radical (unpaired) electrons. The molecule has 0 aromatic heterocycles. The lowest BCUT2D eigenvalue weighted by Crippen LogP contribution is -2.64. The van der Waals surface area contributed by atoms with E-state index in [1.807, 2.05) is 0 Å². The van der Waals surface area contributed by atoms with E-state index < -0.39 is 75.2 Å². The summed E-state index contributed by atoms with van der Waals surface area (Å²) in [7, 11) is -5.15. The van der Waals surface area contributed by atoms with Crippen LogP contribution in [0.5, 0.6) is 0 Å². The zero-order valence-electron chi connectivity index (χ0n) is 39.9. The Kier molecular flexibility index (Phi) is 37.4. The molecule has 0 bridgehead atoms. The summed E-state index contributed by atoms with van der Waals surface area (Å²) in [6, 6.07) is -1.24. The number of phosphoric ester groups is 1. The first-order chi connectivity index (χ1) is 30.8. The first-order valence-electron chi connectivity index (χ1n) is 25.5. The molecule has 1 amide bonds. The Balaban J connectivity index is 2.51. The van der Waals surface area contributed by atoms with Crippen LogP contribution in [0, 0.1) is 0 Å². The fourth-order valence-electron chi connectivity index (χ4n) is 8.04. The number of rotatable bonds is 42. The first kappa shape index (κ1) is 60.5. The van der Waals surface area contributed by atoms with E-state index in [-0.39, 0.29) is 6.42 Å². The summed E-state index contributed by atoms with van der Waals surface area (Å²) in [6.45, 7) is 3.73. The monoisotopic (exact) mass is 932 g/mol. The smallest absolute Gasteiger partial charge is 0.393 e. The number of aliphatic hydroxyl groups is 7. The summed E-state index contributed by atoms with van der Waals surface area (Å²) in [4.78, 5) is 23.5. The largest absolute Gasteiger partial charge is 0.472 e. The lowest BCUT2D eigenvalue weighted by atomic mass is 9.85. The lowest BCUT2D eigenvalue weighted by Gasteiger charge is -2.41. The zero-order chi connectivity index (χ0) is 47.3. The molecule has 64 heavy (non-hydrogen) atoms. The van der Waals surface area contributed by atoms with Gasteiger partial charge in [0.25, 0.3) is 0 Å². The molecular weight excluding hydrogens is 838 g/mol. The van der Waals surface area contributed by atoms with Gasteiger partial charge >= 0.3 is 7.82 Å². The highest BCUT2D eigenvalue weighted by molar-refractivity contribution is 7.47. The van der Waals surface area contributed by atoms with Crippen molar-refractivity contribution in [3.05, 3.63) is 36.5 Å². The van der Waals surface area contributed by atoms with Crippen molar-refractivity contribution in [3.63, 3.8) is 0 Å². The Morgan fingerprint density at radius 3 is 1.44 bits per heavy atom. The predicted octanol–water partition coefficient (Wildman–Crippen LogP) is 9.31. The van der Waals surface area contributed by atoms with Gasteiger partial charge in [-0.15, -0.1) is 0 Å². The molecule has 1 saturated carbocycles. The highest BCUT2D eigenvalue weighted by Crippen LogP contribution is 2.47. The Bertz CT molecular complexity index is 1240. The molecule has 13 nitrogen and oxygen atoms in total. The van der Waals surface area contributed by atoms with E-state index in [0.29, 0.717) is 12.8 Å². The molecule has 376 valence electrons. The number of hydrogen-bond donors (Lipinski definition) is 9. The van der Waals surface area contributed by atoms with Gasteiger partial charge in [-0.1, -0.05) is 192 Å². The molecule has 1 rings (SSSR count). The van der Waals surface area contributed by atoms with Crippen molar-refractivity contribution in [2.75, 3.05) is 6.61 Å². The fraction of sp³-hybridized carbons (Fsp3) is 0.860. The van der Waals surface area contributed by atoms with Crippen LogP contribution in [-0.2, 0) is 18.4 Å². The van der Waals surface area contributed by atoms with E-state index in [9.17, 15) is 50.0 Å². The molecule has 0 aliphatic heterocycles. The average Bonchev–Trinajstić information content (AvgIpc) is 3.27. The zero-order valence-corrected chi connectivity index (χ0v) is 40.8. The second-order valence-electron chi connectivity index (χ2n) is 18.2. The molecule has 1 aliphatic rings. The normalized spacial score (nSPS) is 23.0. The van der Waals surface area contributed by atoms with Crippen molar-refractivity contribution < 1.29 is 59.0 Å². The van der Waals surface area contributed by atoms with Crippen LogP contribution in [0.3, 0.4) is 0 Å². The van der Waals surface area contributed by atoms with Gasteiger partial charge in [0, 0.05) is 0 Å². The minimum Gasteiger partial charge on any atom is -0.393 e. The van der Waals surface area contributed by atoms with Gasteiger partial charge in [-0.05, 0) is 51.4 Å². The summed E-state index contributed by atoms with van der Waals surface area (Å²) < 4.78 is 22.9. The maximum atomic E-state index is 13.0. The van der Waals surface area contributed by atoms with Crippen molar-refractivity contribution in [2.45, 2.75) is 268 Å². The van der Waals surface area contributed by atoms with Gasteiger partial charge in [0.05, 0.1) is 31.3 Å². The molecule has 1 aliphatic carbocycles. The van der Waals surface area contributed by atoms with E-state index in [2.05, 4.69) is 43.5 Å². The van der Waals surface area contributed by atoms with E-state index in [0.717, 1.165) is 70.6 Å². The highest BCUT2D eigenvalue weighted by Gasteiger charge is 2.51. The molecule has 0 spiro atoms. The van der Waals surface area contributed by atoms with Gasteiger partial charge in [-0.3, -0.25) is 13.8 Å². The third-order valence-electron chi connectivity index (χ3n) is 12.2. The van der Waals surface area contributed by atoms with Gasteiger partial charge in [-0.25, -0.2) is 4.57 Å². The predicted molar refractivity (Wildman–Crippen MR) is 257 cm³/mol. The van der Waals surface area contributed by atoms with E-state index >= 15 is 0 Å². The van der Waals surface area contributed by atoms with Crippen molar-refractivity contribution in [2.24, 2.45) is 0 Å². The van der Waals surface area contributed by atoms with Crippen LogP contribution in [0.2, 0.25) is 0 Å². The van der Waals surface area contributed by atoms with Crippen LogP contribution in [0.4, 0.5) is 0 Å². The van der Waals surface area contributed by atoms with Crippen LogP contribution in [0.25, 0.3) is 0 Å². The molecule has 9 N–H and O–H groups in total. The average molecular weight is 932 g/mol. The van der Waals surface area contributed by atoms with Crippen LogP contribution in [-0.4, -0.2) is 108 Å². The van der Waals surface area contributed by atoms with Crippen LogP contribution < -0.4 is 5.32 Å². The number of nitrogens with one attached hydrogen (secondary N) is 1. The summed E-state index contributed by atoms with van der Waals surface area (Å²) in [6.07, 6.45) is 32.2. The number of hydrogen-bond acceptors (Lipinski definition) is 11. The number of unbranched alkanes of at least 4 members (excludes halogenated alkanes) is 25. The number of carbonyl (C=O) groups is 1. The van der Waals surface area contributed by atoms with Crippen molar-refractivity contribution in [1.82, 2.24) is 5.32 Å². The number of phosphoric acid groups is 1. The van der Waals surface area contributed by atoms with E-state index in [1.165, 1.54) is 115 Å². The number of amides is 1. The molecule has 0 saturated heterocycles. The maximum Gasteiger partial charge on any atom is 0.472 e. The van der Waals surface area contributed by atoms with Gasteiger partial charge < -0.3 is 46.0 Å². The standard InChI is InChI=1S/C50H94NO12P/c1-3-5-7-9-11-13-15-17-19-20-21-22-24-26-28-30-32-34-36-38-43(53)42(40-62-64(60,61)63-50-48(58)46(56)45(55)47(57)49(50)59)51-44(54)39-41(52)37-35-33-31-29-27-25-23-18-16-14-12-10-8-6-4-2/h12,14,18,23,36,38,41-43,45-50,52-53,55-59H,3-11,13,15-17,19-22,24-35,37,39-40H2,1-2H3,(H,51,54)(H,60,61)/b14-12-,23-18-,38-36+. The Morgan fingerprint density at radius 1 is 0.562 bits per heavy atom. The molecule has 14 heteroatoms. The molecule has 0 aromatic carbocycles. The SMILES string of the molecule is CCCCC/C=C\C/C=C\CCCCCCCC(O)CC(=O)NC(COP(=O)(O)OC1C(O)C(O)C(O)C(O)C1O)C(O)/C=C/CCCCCCCCCCCCCCCCCCC. The molecule has 0 aromatic rings. The van der Waals surface area contributed by atoms with Crippen LogP contribution in [0.1, 0.15) is 213 Å². The Hall–Kier alpha value is -1.48. The molecule has 8 unspecified atom stereocenters. The van der Waals surface area contributed by atoms with Gasteiger partial charge in [0.1, 0.15) is 36.6 Å². The van der Waals surface area contributed by atoms with Gasteiger partial charge in [0.2, 0.25) is 5.91 Å². The topological polar surface area (TPSA) is 226 Å². The number of carbonyl (C=O) groups excluding carboxylic acids is 1. The maximum absolute atomic E-state index is 13.0. The van der Waals surface area contributed by atoms with Crippen molar-refractivity contribution >= 4 is 13.7 Å². The third-order valence-corrected chi connectivity index (χ3v) is 13.2. The minimum atomic E-state index is -5.15. The quantitative estimate of drug-likeness (QED) is 0.0159. The second kappa shape index (κ2) is 39.5. The summed E-state index contributed by atoms with van der Waals surface area (Å²) in [5.41, 5.74) is 0. The third kappa shape index (κ3) is 30.7. The summed E-state index contributed by atoms with van der Waals surface area (Å²) in [5.74, 6) is -0.601. The highest BCUT2D eigenvalue weighted by atomic mass is 31.2.